The van der Waals surface area contributed by atoms with E-state index in [0.29, 0.717) is 13.2 Å². The summed E-state index contributed by atoms with van der Waals surface area (Å²) in [6.45, 7) is 6.59. The molecular formula is C16H22ClN3O2. The fraction of sp³-hybridized carbons (Fsp3) is 0.438. The van der Waals surface area contributed by atoms with Gasteiger partial charge in [0.15, 0.2) is 0 Å². The lowest BCUT2D eigenvalue weighted by molar-refractivity contribution is 0.0938. The van der Waals surface area contributed by atoms with Crippen LogP contribution in [0, 0.1) is 13.8 Å². The molecule has 0 atom stereocenters. The molecule has 120 valence electrons. The maximum absolute atomic E-state index is 8.64. The molecule has 22 heavy (non-hydrogen) atoms. The zero-order valence-electron chi connectivity index (χ0n) is 13.0. The first-order valence-electron chi connectivity index (χ1n) is 7.34. The van der Waals surface area contributed by atoms with Gasteiger partial charge >= 0.3 is 0 Å². The number of benzene rings is 1. The highest BCUT2D eigenvalue weighted by Crippen LogP contribution is 2.19. The van der Waals surface area contributed by atoms with E-state index in [1.807, 2.05) is 35.9 Å². The predicted molar refractivity (Wildman–Crippen MR) is 87.7 cm³/mol. The van der Waals surface area contributed by atoms with E-state index in [2.05, 4.69) is 17.3 Å². The third kappa shape index (κ3) is 4.30. The molecule has 1 aromatic heterocycles. The highest BCUT2D eigenvalue weighted by Gasteiger charge is 2.12. The number of hydrogen-bond donors (Lipinski definition) is 2. The summed E-state index contributed by atoms with van der Waals surface area (Å²) in [5.41, 5.74) is 4.32. The first-order valence-corrected chi connectivity index (χ1v) is 7.71. The molecule has 5 nitrogen and oxygen atoms in total. The van der Waals surface area contributed by atoms with Crippen molar-refractivity contribution in [1.29, 1.82) is 0 Å². The topological polar surface area (TPSA) is 59.3 Å². The van der Waals surface area contributed by atoms with Gasteiger partial charge in [-0.15, -0.1) is 0 Å². The van der Waals surface area contributed by atoms with Gasteiger partial charge in [0.05, 0.1) is 31.2 Å². The molecule has 0 aliphatic heterocycles. The smallest absolute Gasteiger partial charge is 0.0698 e. The van der Waals surface area contributed by atoms with Gasteiger partial charge in [-0.1, -0.05) is 11.6 Å². The van der Waals surface area contributed by atoms with Crippen LogP contribution in [0.4, 0.5) is 0 Å². The number of aliphatic hydroxyl groups is 1. The van der Waals surface area contributed by atoms with Crippen molar-refractivity contribution in [3.63, 3.8) is 0 Å². The lowest BCUT2D eigenvalue weighted by Gasteiger charge is -2.07. The second-order valence-electron chi connectivity index (χ2n) is 5.05. The van der Waals surface area contributed by atoms with Crippen LogP contribution < -0.4 is 5.32 Å². The summed E-state index contributed by atoms with van der Waals surface area (Å²) in [5.74, 6) is 0. The molecule has 0 aliphatic carbocycles. The van der Waals surface area contributed by atoms with Gasteiger partial charge in [-0.25, -0.2) is 4.68 Å². The summed E-state index contributed by atoms with van der Waals surface area (Å²) < 4.78 is 7.16. The van der Waals surface area contributed by atoms with Crippen LogP contribution >= 0.6 is 11.6 Å². The Morgan fingerprint density at radius 3 is 2.64 bits per heavy atom. The van der Waals surface area contributed by atoms with Gasteiger partial charge in [0.1, 0.15) is 0 Å². The van der Waals surface area contributed by atoms with Crippen molar-refractivity contribution in [2.24, 2.45) is 0 Å². The third-order valence-electron chi connectivity index (χ3n) is 3.47. The molecule has 2 aromatic rings. The SMILES string of the molecule is Cc1nn(-c2ccc(Cl)cc2)c(C)c1CNCCOCCO. The quantitative estimate of drug-likeness (QED) is 0.731. The molecule has 1 heterocycles. The number of nitrogens with zero attached hydrogens (tertiary/aromatic N) is 2. The Hall–Kier alpha value is -1.40. The lowest BCUT2D eigenvalue weighted by atomic mass is 10.2. The Morgan fingerprint density at radius 1 is 1.23 bits per heavy atom. The summed E-state index contributed by atoms with van der Waals surface area (Å²) in [4.78, 5) is 0. The van der Waals surface area contributed by atoms with Gasteiger partial charge in [0.2, 0.25) is 0 Å². The first kappa shape index (κ1) is 17.0. The van der Waals surface area contributed by atoms with Gasteiger partial charge < -0.3 is 15.2 Å². The number of aromatic nitrogens is 2. The molecular weight excluding hydrogens is 302 g/mol. The molecule has 0 saturated carbocycles. The second-order valence-corrected chi connectivity index (χ2v) is 5.49. The normalized spacial score (nSPS) is 11.1. The van der Waals surface area contributed by atoms with E-state index >= 15 is 0 Å². The van der Waals surface area contributed by atoms with E-state index in [9.17, 15) is 0 Å². The number of ether oxygens (including phenoxy) is 1. The average molecular weight is 324 g/mol. The van der Waals surface area contributed by atoms with Crippen LogP contribution in [0.15, 0.2) is 24.3 Å². The maximum Gasteiger partial charge on any atom is 0.0698 e. The summed E-state index contributed by atoms with van der Waals surface area (Å²) in [6.07, 6.45) is 0. The van der Waals surface area contributed by atoms with Crippen molar-refractivity contribution in [3.8, 4) is 5.69 Å². The van der Waals surface area contributed by atoms with Crippen molar-refractivity contribution >= 4 is 11.6 Å². The Bertz CT molecular complexity index is 596. The van der Waals surface area contributed by atoms with Crippen LogP contribution in [0.3, 0.4) is 0 Å². The number of aliphatic hydroxyl groups excluding tert-OH is 1. The maximum atomic E-state index is 8.64. The van der Waals surface area contributed by atoms with Crippen molar-refractivity contribution < 1.29 is 9.84 Å². The Labute approximate surface area is 135 Å². The molecule has 0 bridgehead atoms. The third-order valence-corrected chi connectivity index (χ3v) is 3.72. The molecule has 0 aliphatic rings. The number of halogens is 1. The molecule has 1 aromatic carbocycles. The van der Waals surface area contributed by atoms with Crippen LogP contribution in [0.1, 0.15) is 17.0 Å². The van der Waals surface area contributed by atoms with Crippen LogP contribution in [0.25, 0.3) is 5.69 Å². The summed E-state index contributed by atoms with van der Waals surface area (Å²) in [7, 11) is 0. The number of nitrogens with one attached hydrogen (secondary N) is 1. The summed E-state index contributed by atoms with van der Waals surface area (Å²) in [5, 5.41) is 17.3. The first-order chi connectivity index (χ1) is 10.6. The minimum absolute atomic E-state index is 0.0616. The van der Waals surface area contributed by atoms with E-state index in [4.69, 9.17) is 21.4 Å². The molecule has 0 radical (unpaired) electrons. The van der Waals surface area contributed by atoms with E-state index in [1.165, 1.54) is 5.56 Å². The molecule has 0 spiro atoms. The van der Waals surface area contributed by atoms with Crippen molar-refractivity contribution in [2.75, 3.05) is 26.4 Å². The van der Waals surface area contributed by atoms with E-state index in [0.717, 1.165) is 35.2 Å². The van der Waals surface area contributed by atoms with Crippen LogP contribution in [0.5, 0.6) is 0 Å². The fourth-order valence-electron chi connectivity index (χ4n) is 2.29. The van der Waals surface area contributed by atoms with Gasteiger partial charge in [-0.05, 0) is 38.1 Å². The van der Waals surface area contributed by atoms with Crippen molar-refractivity contribution in [2.45, 2.75) is 20.4 Å². The van der Waals surface area contributed by atoms with Crippen molar-refractivity contribution in [1.82, 2.24) is 15.1 Å². The predicted octanol–water partition coefficient (Wildman–Crippen LogP) is 2.24. The Morgan fingerprint density at radius 2 is 1.95 bits per heavy atom. The zero-order valence-corrected chi connectivity index (χ0v) is 13.7. The van der Waals surface area contributed by atoms with Gasteiger partial charge in [0, 0.05) is 29.4 Å². The zero-order chi connectivity index (χ0) is 15.9. The lowest BCUT2D eigenvalue weighted by Crippen LogP contribution is -2.20. The largest absolute Gasteiger partial charge is 0.394 e. The van der Waals surface area contributed by atoms with Gasteiger partial charge in [-0.3, -0.25) is 0 Å². The highest BCUT2D eigenvalue weighted by molar-refractivity contribution is 6.30. The Balaban J connectivity index is 1.99. The molecule has 0 amide bonds. The van der Waals surface area contributed by atoms with Gasteiger partial charge in [-0.2, -0.15) is 5.10 Å². The average Bonchev–Trinajstić information content (AvgIpc) is 2.79. The van der Waals surface area contributed by atoms with Crippen LogP contribution in [-0.4, -0.2) is 41.3 Å². The van der Waals surface area contributed by atoms with Crippen LogP contribution in [-0.2, 0) is 11.3 Å². The van der Waals surface area contributed by atoms with Crippen molar-refractivity contribution in [3.05, 3.63) is 46.2 Å². The molecule has 2 rings (SSSR count). The molecule has 2 N–H and O–H groups in total. The minimum Gasteiger partial charge on any atom is -0.394 e. The minimum atomic E-state index is 0.0616. The molecule has 0 saturated heterocycles. The number of rotatable bonds is 8. The van der Waals surface area contributed by atoms with Gasteiger partial charge in [0.25, 0.3) is 0 Å². The summed E-state index contributed by atoms with van der Waals surface area (Å²) in [6, 6.07) is 7.65. The fourth-order valence-corrected chi connectivity index (χ4v) is 2.41. The molecule has 0 fully saturated rings. The van der Waals surface area contributed by atoms with E-state index in [-0.39, 0.29) is 6.61 Å². The second kappa shape index (κ2) is 8.29. The summed E-state index contributed by atoms with van der Waals surface area (Å²) >= 11 is 5.93. The highest BCUT2D eigenvalue weighted by atomic mass is 35.5. The number of hydrogen-bond acceptors (Lipinski definition) is 4. The monoisotopic (exact) mass is 323 g/mol. The molecule has 0 unspecified atom stereocenters. The molecule has 6 heteroatoms. The van der Waals surface area contributed by atoms with Crippen LogP contribution in [0.2, 0.25) is 5.02 Å². The van der Waals surface area contributed by atoms with E-state index < -0.39 is 0 Å². The standard InChI is InChI=1S/C16H22ClN3O2/c1-12-16(11-18-7-9-22-10-8-21)13(2)20(19-12)15-5-3-14(17)4-6-15/h3-6,18,21H,7-11H2,1-2H3. The van der Waals surface area contributed by atoms with E-state index in [1.54, 1.807) is 0 Å². The Kier molecular flexibility index (Phi) is 6.39. The number of aryl methyl sites for hydroxylation is 1.